The molecule has 1 aromatic heterocycles. The molecule has 0 bridgehead atoms. The van der Waals surface area contributed by atoms with Crippen LogP contribution in [0.15, 0.2) is 18.3 Å². The molecule has 2 aliphatic rings. The Hall–Kier alpha value is -1.55. The average Bonchev–Trinajstić information content (AvgIpc) is 3.08. The third-order valence-corrected chi connectivity index (χ3v) is 5.64. The number of rotatable bonds is 3. The molecule has 4 nitrogen and oxygen atoms in total. The first-order valence-corrected chi connectivity index (χ1v) is 9.14. The fraction of sp³-hybridized carbons (Fsp3) is 0.632. The minimum Gasteiger partial charge on any atom is -0.490 e. The number of aryl methyl sites for hydroxylation is 1. The minimum atomic E-state index is 0.360. The van der Waals surface area contributed by atoms with Crippen molar-refractivity contribution in [3.63, 3.8) is 0 Å². The molecule has 4 heteroatoms. The molecule has 0 radical (unpaired) electrons. The van der Waals surface area contributed by atoms with Crippen molar-refractivity contribution in [3.8, 4) is 5.75 Å². The molecule has 2 atom stereocenters. The van der Waals surface area contributed by atoms with Crippen molar-refractivity contribution < 1.29 is 4.74 Å². The first-order valence-electron chi connectivity index (χ1n) is 9.14. The largest absolute Gasteiger partial charge is 0.490 e. The highest BCUT2D eigenvalue weighted by molar-refractivity contribution is 5.83. The van der Waals surface area contributed by atoms with Gasteiger partial charge in [-0.25, -0.2) is 0 Å². The number of nitrogens with zero attached hydrogens (tertiary/aromatic N) is 2. The van der Waals surface area contributed by atoms with Crippen LogP contribution >= 0.6 is 0 Å². The van der Waals surface area contributed by atoms with Gasteiger partial charge >= 0.3 is 0 Å². The SMILES string of the molecule is Cc1c(OC2CCCC(N3CCCCC3)C2)ccc2[nH]ncc12. The molecule has 124 valence electrons. The van der Waals surface area contributed by atoms with E-state index in [0.29, 0.717) is 6.10 Å². The van der Waals surface area contributed by atoms with E-state index < -0.39 is 0 Å². The zero-order chi connectivity index (χ0) is 15.6. The second-order valence-corrected chi connectivity index (χ2v) is 7.18. The van der Waals surface area contributed by atoms with E-state index in [1.807, 2.05) is 6.20 Å². The maximum Gasteiger partial charge on any atom is 0.123 e. The van der Waals surface area contributed by atoms with Crippen molar-refractivity contribution in [2.75, 3.05) is 13.1 Å². The van der Waals surface area contributed by atoms with Crippen LogP contribution in [0.25, 0.3) is 10.9 Å². The van der Waals surface area contributed by atoms with Crippen LogP contribution in [0, 0.1) is 6.92 Å². The Labute approximate surface area is 138 Å². The van der Waals surface area contributed by atoms with Gasteiger partial charge in [-0.1, -0.05) is 6.42 Å². The molecule has 2 heterocycles. The fourth-order valence-corrected chi connectivity index (χ4v) is 4.29. The molecule has 2 aromatic rings. The van der Waals surface area contributed by atoms with Crippen LogP contribution < -0.4 is 4.74 Å². The van der Waals surface area contributed by atoms with Crippen molar-refractivity contribution >= 4 is 10.9 Å². The number of hydrogen-bond donors (Lipinski definition) is 1. The highest BCUT2D eigenvalue weighted by Crippen LogP contribution is 2.31. The summed E-state index contributed by atoms with van der Waals surface area (Å²) in [5.41, 5.74) is 2.29. The van der Waals surface area contributed by atoms with E-state index in [1.165, 1.54) is 69.0 Å². The molecule has 1 aliphatic heterocycles. The smallest absolute Gasteiger partial charge is 0.123 e. The number of aromatic nitrogens is 2. The summed E-state index contributed by atoms with van der Waals surface area (Å²) in [7, 11) is 0. The molecule has 23 heavy (non-hydrogen) atoms. The summed E-state index contributed by atoms with van der Waals surface area (Å²) in [4.78, 5) is 2.71. The Balaban J connectivity index is 1.45. The highest BCUT2D eigenvalue weighted by Gasteiger charge is 2.28. The molecular weight excluding hydrogens is 286 g/mol. The normalized spacial score (nSPS) is 26.5. The van der Waals surface area contributed by atoms with Gasteiger partial charge in [0.1, 0.15) is 11.9 Å². The van der Waals surface area contributed by atoms with Crippen LogP contribution in [0.5, 0.6) is 5.75 Å². The third-order valence-electron chi connectivity index (χ3n) is 5.64. The molecule has 2 unspecified atom stereocenters. The van der Waals surface area contributed by atoms with Crippen molar-refractivity contribution in [2.45, 2.75) is 64.0 Å². The van der Waals surface area contributed by atoms with Crippen LogP contribution in [-0.4, -0.2) is 40.3 Å². The lowest BCUT2D eigenvalue weighted by Gasteiger charge is -2.39. The van der Waals surface area contributed by atoms with E-state index in [4.69, 9.17) is 4.74 Å². The Morgan fingerprint density at radius 2 is 2.00 bits per heavy atom. The second kappa shape index (κ2) is 6.52. The molecule has 1 saturated carbocycles. The maximum absolute atomic E-state index is 6.42. The average molecular weight is 313 g/mol. The number of benzene rings is 1. The van der Waals surface area contributed by atoms with Crippen molar-refractivity contribution in [1.82, 2.24) is 15.1 Å². The molecule has 1 aliphatic carbocycles. The van der Waals surface area contributed by atoms with Crippen LogP contribution in [0.4, 0.5) is 0 Å². The monoisotopic (exact) mass is 313 g/mol. The number of hydrogen-bond acceptors (Lipinski definition) is 3. The number of likely N-dealkylation sites (tertiary alicyclic amines) is 1. The zero-order valence-electron chi connectivity index (χ0n) is 14.1. The Bertz CT molecular complexity index is 660. The van der Waals surface area contributed by atoms with Gasteiger partial charge < -0.3 is 9.64 Å². The highest BCUT2D eigenvalue weighted by atomic mass is 16.5. The summed E-state index contributed by atoms with van der Waals surface area (Å²) < 4.78 is 6.42. The lowest BCUT2D eigenvalue weighted by atomic mass is 9.90. The van der Waals surface area contributed by atoms with Gasteiger partial charge in [0, 0.05) is 17.0 Å². The number of aromatic amines is 1. The van der Waals surface area contributed by atoms with E-state index >= 15 is 0 Å². The zero-order valence-corrected chi connectivity index (χ0v) is 14.1. The van der Waals surface area contributed by atoms with Crippen LogP contribution in [0.1, 0.15) is 50.5 Å². The van der Waals surface area contributed by atoms with Gasteiger partial charge in [0.2, 0.25) is 0 Å². The molecule has 0 spiro atoms. The number of fused-ring (bicyclic) bond motifs is 1. The van der Waals surface area contributed by atoms with Gasteiger partial charge in [0.15, 0.2) is 0 Å². The number of nitrogens with one attached hydrogen (secondary N) is 1. The Kier molecular flexibility index (Phi) is 4.25. The van der Waals surface area contributed by atoms with Crippen LogP contribution in [0.3, 0.4) is 0 Å². The third kappa shape index (κ3) is 3.09. The Morgan fingerprint density at radius 3 is 2.87 bits per heavy atom. The van der Waals surface area contributed by atoms with Gasteiger partial charge in [-0.2, -0.15) is 5.10 Å². The summed E-state index contributed by atoms with van der Waals surface area (Å²) in [6.07, 6.45) is 11.4. The van der Waals surface area contributed by atoms with E-state index in [9.17, 15) is 0 Å². The minimum absolute atomic E-state index is 0.360. The Morgan fingerprint density at radius 1 is 1.13 bits per heavy atom. The standard InChI is InChI=1S/C19H27N3O/c1-14-17-13-20-21-18(17)8-9-19(14)23-16-7-5-6-15(12-16)22-10-3-2-4-11-22/h8-9,13,15-16H,2-7,10-12H2,1H3,(H,20,21). The second-order valence-electron chi connectivity index (χ2n) is 7.18. The topological polar surface area (TPSA) is 41.1 Å². The van der Waals surface area contributed by atoms with Gasteiger partial charge in [0.25, 0.3) is 0 Å². The molecule has 1 N–H and O–H groups in total. The molecule has 1 aromatic carbocycles. The van der Waals surface area contributed by atoms with Crippen molar-refractivity contribution in [1.29, 1.82) is 0 Å². The van der Waals surface area contributed by atoms with Crippen LogP contribution in [-0.2, 0) is 0 Å². The summed E-state index contributed by atoms with van der Waals surface area (Å²) in [6.45, 7) is 4.72. The van der Waals surface area contributed by atoms with Gasteiger partial charge in [-0.3, -0.25) is 5.10 Å². The molecule has 2 fully saturated rings. The van der Waals surface area contributed by atoms with E-state index in [2.05, 4.69) is 34.2 Å². The summed E-state index contributed by atoms with van der Waals surface area (Å²) in [5, 5.41) is 8.34. The lowest BCUT2D eigenvalue weighted by molar-refractivity contribution is 0.0654. The van der Waals surface area contributed by atoms with Gasteiger partial charge in [-0.15, -0.1) is 0 Å². The van der Waals surface area contributed by atoms with Crippen LogP contribution in [0.2, 0.25) is 0 Å². The quantitative estimate of drug-likeness (QED) is 0.929. The molecule has 0 amide bonds. The summed E-state index contributed by atoms with van der Waals surface area (Å²) in [6, 6.07) is 4.91. The summed E-state index contributed by atoms with van der Waals surface area (Å²) >= 11 is 0. The van der Waals surface area contributed by atoms with Crippen molar-refractivity contribution in [2.24, 2.45) is 0 Å². The van der Waals surface area contributed by atoms with Crippen molar-refractivity contribution in [3.05, 3.63) is 23.9 Å². The lowest BCUT2D eigenvalue weighted by Crippen LogP contribution is -2.44. The number of H-pyrrole nitrogens is 1. The fourth-order valence-electron chi connectivity index (χ4n) is 4.29. The van der Waals surface area contributed by atoms with Gasteiger partial charge in [0.05, 0.1) is 11.7 Å². The molecular formula is C19H27N3O. The summed E-state index contributed by atoms with van der Waals surface area (Å²) in [5.74, 6) is 1.03. The number of ether oxygens (including phenoxy) is 1. The first-order chi connectivity index (χ1) is 11.3. The van der Waals surface area contributed by atoms with Gasteiger partial charge in [-0.05, 0) is 70.7 Å². The first kappa shape index (κ1) is 15.0. The maximum atomic E-state index is 6.42. The molecule has 4 rings (SSSR count). The molecule has 1 saturated heterocycles. The van der Waals surface area contributed by atoms with E-state index in [-0.39, 0.29) is 0 Å². The number of piperidine rings is 1. The van der Waals surface area contributed by atoms with E-state index in [1.54, 1.807) is 0 Å². The predicted molar refractivity (Wildman–Crippen MR) is 92.9 cm³/mol. The van der Waals surface area contributed by atoms with E-state index in [0.717, 1.165) is 17.3 Å². The predicted octanol–water partition coefficient (Wildman–Crippen LogP) is 4.05.